The monoisotopic (exact) mass is 303 g/mol. The van der Waals surface area contributed by atoms with E-state index in [9.17, 15) is 4.79 Å². The van der Waals surface area contributed by atoms with Crippen LogP contribution in [0.2, 0.25) is 0 Å². The molecule has 3 N–H and O–H groups in total. The summed E-state index contributed by atoms with van der Waals surface area (Å²) in [6, 6.07) is 3.33. The molecular formula is C15H17N3O2S. The molecule has 0 fully saturated rings. The second-order valence-electron chi connectivity index (χ2n) is 4.63. The lowest BCUT2D eigenvalue weighted by atomic mass is 9.83. The number of allylic oxidation sites excluding steroid dienone is 2. The van der Waals surface area contributed by atoms with Crippen LogP contribution in [0.3, 0.4) is 0 Å². The molecule has 0 radical (unpaired) electrons. The van der Waals surface area contributed by atoms with Gasteiger partial charge in [-0.2, -0.15) is 0 Å². The van der Waals surface area contributed by atoms with Gasteiger partial charge in [0.1, 0.15) is 5.54 Å². The maximum Gasteiger partial charge on any atom is 0.192 e. The van der Waals surface area contributed by atoms with Gasteiger partial charge < -0.3 is 15.8 Å². The number of nitrogens with two attached hydrogens (primary N) is 1. The third-order valence-corrected chi connectivity index (χ3v) is 3.24. The molecule has 5 nitrogen and oxygen atoms in total. The second kappa shape index (κ2) is 6.49. The Morgan fingerprint density at radius 3 is 2.86 bits per heavy atom. The van der Waals surface area contributed by atoms with Crippen molar-refractivity contribution < 1.29 is 9.53 Å². The summed E-state index contributed by atoms with van der Waals surface area (Å²) in [7, 11) is 0. The van der Waals surface area contributed by atoms with Crippen LogP contribution in [0.1, 0.15) is 23.7 Å². The average Bonchev–Trinajstić information content (AvgIpc) is 2.47. The molecule has 1 unspecified atom stereocenters. The van der Waals surface area contributed by atoms with Gasteiger partial charge in [0.15, 0.2) is 10.9 Å². The Kier molecular flexibility index (Phi) is 4.70. The number of ether oxygens (including phenoxy) is 1. The largest absolute Gasteiger partial charge is 0.498 e. The molecule has 0 spiro atoms. The van der Waals surface area contributed by atoms with Gasteiger partial charge in [-0.15, -0.1) is 0 Å². The number of pyridine rings is 1. The van der Waals surface area contributed by atoms with E-state index < -0.39 is 5.54 Å². The highest BCUT2D eigenvalue weighted by Gasteiger charge is 2.39. The van der Waals surface area contributed by atoms with E-state index in [1.54, 1.807) is 36.7 Å². The summed E-state index contributed by atoms with van der Waals surface area (Å²) in [5.74, 6) is 0.588. The molecule has 1 aliphatic carbocycles. The van der Waals surface area contributed by atoms with Crippen LogP contribution >= 0.6 is 12.2 Å². The number of carbonyl (C=O) groups is 1. The average molecular weight is 303 g/mol. The van der Waals surface area contributed by atoms with E-state index in [0.717, 1.165) is 0 Å². The van der Waals surface area contributed by atoms with Gasteiger partial charge in [0.2, 0.25) is 0 Å². The normalized spacial score (nSPS) is 20.5. The molecule has 0 amide bonds. The zero-order valence-electron chi connectivity index (χ0n) is 11.7. The molecule has 6 heteroatoms. The number of nitrogens with one attached hydrogen (secondary N) is 1. The fourth-order valence-electron chi connectivity index (χ4n) is 2.28. The number of ketones is 1. The van der Waals surface area contributed by atoms with Gasteiger partial charge in [0.05, 0.1) is 12.4 Å². The summed E-state index contributed by atoms with van der Waals surface area (Å²) >= 11 is 4.93. The predicted molar refractivity (Wildman–Crippen MR) is 84.7 cm³/mol. The SMILES string of the molecule is CCOC1=CC=CC(NC(N)=S)(C(=O)c2ccncc2)C1. The molecule has 2 rings (SSSR count). The minimum Gasteiger partial charge on any atom is -0.498 e. The van der Waals surface area contributed by atoms with E-state index in [2.05, 4.69) is 10.3 Å². The maximum atomic E-state index is 12.9. The van der Waals surface area contributed by atoms with Gasteiger partial charge in [-0.25, -0.2) is 0 Å². The topological polar surface area (TPSA) is 77.2 Å². The summed E-state index contributed by atoms with van der Waals surface area (Å²) in [5, 5.41) is 2.98. The van der Waals surface area contributed by atoms with Gasteiger partial charge in [-0.05, 0) is 37.4 Å². The van der Waals surface area contributed by atoms with Crippen molar-refractivity contribution >= 4 is 23.1 Å². The van der Waals surface area contributed by atoms with Gasteiger partial charge in [-0.3, -0.25) is 9.78 Å². The summed E-state index contributed by atoms with van der Waals surface area (Å²) < 4.78 is 5.53. The number of nitrogens with zero attached hydrogens (tertiary/aromatic N) is 1. The quantitative estimate of drug-likeness (QED) is 0.637. The van der Waals surface area contributed by atoms with E-state index in [1.165, 1.54) is 0 Å². The molecule has 21 heavy (non-hydrogen) atoms. The number of aromatic nitrogens is 1. The van der Waals surface area contributed by atoms with E-state index in [-0.39, 0.29) is 10.9 Å². The molecule has 0 aromatic carbocycles. The highest BCUT2D eigenvalue weighted by Crippen LogP contribution is 2.27. The standard InChI is InChI=1S/C15H17N3O2S/c1-2-20-12-4-3-7-15(10-12,18-14(16)21)13(19)11-5-8-17-9-6-11/h3-9H,2,10H2,1H3,(H3,16,18,21). The second-order valence-corrected chi connectivity index (χ2v) is 5.07. The Hall–Kier alpha value is -2.21. The van der Waals surface area contributed by atoms with Crippen LogP contribution in [-0.4, -0.2) is 28.0 Å². The van der Waals surface area contributed by atoms with E-state index in [1.807, 2.05) is 13.0 Å². The lowest BCUT2D eigenvalue weighted by Crippen LogP contribution is -2.55. The predicted octanol–water partition coefficient (Wildman–Crippen LogP) is 1.72. The third kappa shape index (κ3) is 3.46. The minimum absolute atomic E-state index is 0.0693. The number of rotatable bonds is 5. The Morgan fingerprint density at radius 2 is 2.24 bits per heavy atom. The molecule has 0 saturated carbocycles. The number of hydrogen-bond acceptors (Lipinski definition) is 4. The lowest BCUT2D eigenvalue weighted by Gasteiger charge is -2.33. The van der Waals surface area contributed by atoms with Gasteiger partial charge in [0.25, 0.3) is 0 Å². The highest BCUT2D eigenvalue weighted by molar-refractivity contribution is 7.80. The van der Waals surface area contributed by atoms with Crippen LogP contribution in [0, 0.1) is 0 Å². The first-order valence-electron chi connectivity index (χ1n) is 6.61. The van der Waals surface area contributed by atoms with Crippen molar-refractivity contribution in [1.82, 2.24) is 10.3 Å². The smallest absolute Gasteiger partial charge is 0.192 e. The fraction of sp³-hybridized carbons (Fsp3) is 0.267. The van der Waals surface area contributed by atoms with Crippen molar-refractivity contribution in [2.24, 2.45) is 5.73 Å². The number of hydrogen-bond donors (Lipinski definition) is 2. The third-order valence-electron chi connectivity index (χ3n) is 3.14. The molecule has 1 aromatic heterocycles. The van der Waals surface area contributed by atoms with Crippen molar-refractivity contribution in [3.05, 3.63) is 54.1 Å². The van der Waals surface area contributed by atoms with Crippen molar-refractivity contribution in [3.8, 4) is 0 Å². The zero-order valence-corrected chi connectivity index (χ0v) is 12.5. The summed E-state index contributed by atoms with van der Waals surface area (Å²) in [6.45, 7) is 2.43. The number of thiocarbonyl (C=S) groups is 1. The molecule has 1 atom stereocenters. The zero-order chi connectivity index (χ0) is 15.3. The lowest BCUT2D eigenvalue weighted by molar-refractivity contribution is 0.0884. The molecule has 0 aliphatic heterocycles. The molecule has 0 bridgehead atoms. The molecular weight excluding hydrogens is 286 g/mol. The molecule has 1 aromatic rings. The highest BCUT2D eigenvalue weighted by atomic mass is 32.1. The van der Waals surface area contributed by atoms with E-state index in [0.29, 0.717) is 24.4 Å². The van der Waals surface area contributed by atoms with Crippen molar-refractivity contribution in [1.29, 1.82) is 0 Å². The van der Waals surface area contributed by atoms with Crippen LogP contribution in [0.25, 0.3) is 0 Å². The molecule has 1 heterocycles. The first-order chi connectivity index (χ1) is 10.1. The minimum atomic E-state index is -1.02. The number of carbonyl (C=O) groups excluding carboxylic acids is 1. The van der Waals surface area contributed by atoms with Gasteiger partial charge in [-0.1, -0.05) is 12.2 Å². The van der Waals surface area contributed by atoms with Crippen LogP contribution in [0.15, 0.2) is 48.5 Å². The Morgan fingerprint density at radius 1 is 1.52 bits per heavy atom. The van der Waals surface area contributed by atoms with Crippen LogP contribution in [0.4, 0.5) is 0 Å². The van der Waals surface area contributed by atoms with Crippen molar-refractivity contribution in [3.63, 3.8) is 0 Å². The van der Waals surface area contributed by atoms with Crippen LogP contribution in [-0.2, 0) is 4.74 Å². The Labute approximate surface area is 128 Å². The molecule has 1 aliphatic rings. The summed E-state index contributed by atoms with van der Waals surface area (Å²) in [6.07, 6.45) is 8.88. The van der Waals surface area contributed by atoms with Crippen LogP contribution in [0.5, 0.6) is 0 Å². The first-order valence-corrected chi connectivity index (χ1v) is 7.02. The van der Waals surface area contributed by atoms with Crippen molar-refractivity contribution in [2.75, 3.05) is 6.61 Å². The van der Waals surface area contributed by atoms with Gasteiger partial charge in [0, 0.05) is 24.4 Å². The van der Waals surface area contributed by atoms with Gasteiger partial charge >= 0.3 is 0 Å². The van der Waals surface area contributed by atoms with E-state index in [4.69, 9.17) is 22.7 Å². The Bertz CT molecular complexity index is 598. The summed E-state index contributed by atoms with van der Waals surface area (Å²) in [4.78, 5) is 16.8. The van der Waals surface area contributed by atoms with Crippen LogP contribution < -0.4 is 11.1 Å². The Balaban J connectivity index is 2.35. The number of Topliss-reactive ketones (excluding diaryl/α,β-unsaturated/α-hetero) is 1. The summed E-state index contributed by atoms with van der Waals surface area (Å²) in [5.41, 5.74) is 5.12. The molecule has 110 valence electrons. The fourth-order valence-corrected chi connectivity index (χ4v) is 2.46. The van der Waals surface area contributed by atoms with Crippen molar-refractivity contribution in [2.45, 2.75) is 18.9 Å². The maximum absolute atomic E-state index is 12.9. The van der Waals surface area contributed by atoms with E-state index >= 15 is 0 Å². The first kappa shape index (κ1) is 15.2. The molecule has 0 saturated heterocycles.